The highest BCUT2D eigenvalue weighted by Gasteiger charge is 2.13. The van der Waals surface area contributed by atoms with E-state index in [0.29, 0.717) is 6.42 Å². The monoisotopic (exact) mass is 248 g/mol. The predicted octanol–water partition coefficient (Wildman–Crippen LogP) is 2.56. The second-order valence-corrected chi connectivity index (χ2v) is 4.81. The first kappa shape index (κ1) is 14.7. The highest BCUT2D eigenvalue weighted by atomic mass is 16.1. The van der Waals surface area contributed by atoms with Crippen molar-refractivity contribution in [2.24, 2.45) is 0 Å². The molecule has 0 aromatic heterocycles. The standard InChI is InChI=1S/C15H24N2O/c1-5-16-12(3)10-15(18)17-13(4)14-9-7-6-8-11(14)2/h6-9,12-13,16H,5,10H2,1-4H3,(H,17,18). The van der Waals surface area contributed by atoms with Crippen LogP contribution in [-0.2, 0) is 4.79 Å². The number of rotatable bonds is 6. The number of hydrogen-bond donors (Lipinski definition) is 2. The number of hydrogen-bond acceptors (Lipinski definition) is 2. The van der Waals surface area contributed by atoms with Crippen LogP contribution in [0, 0.1) is 6.92 Å². The van der Waals surface area contributed by atoms with Crippen molar-refractivity contribution in [1.29, 1.82) is 0 Å². The van der Waals surface area contributed by atoms with Crippen molar-refractivity contribution in [3.8, 4) is 0 Å². The number of carbonyl (C=O) groups excluding carboxylic acids is 1. The lowest BCUT2D eigenvalue weighted by molar-refractivity contribution is -0.122. The molecule has 0 aliphatic rings. The van der Waals surface area contributed by atoms with Crippen molar-refractivity contribution >= 4 is 5.91 Å². The van der Waals surface area contributed by atoms with Crippen LogP contribution in [-0.4, -0.2) is 18.5 Å². The van der Waals surface area contributed by atoms with Gasteiger partial charge in [-0.2, -0.15) is 0 Å². The van der Waals surface area contributed by atoms with Gasteiger partial charge in [0.2, 0.25) is 5.91 Å². The third kappa shape index (κ3) is 4.49. The Hall–Kier alpha value is -1.35. The molecule has 18 heavy (non-hydrogen) atoms. The molecule has 0 aliphatic carbocycles. The van der Waals surface area contributed by atoms with E-state index in [9.17, 15) is 4.79 Å². The van der Waals surface area contributed by atoms with E-state index in [-0.39, 0.29) is 18.0 Å². The van der Waals surface area contributed by atoms with Crippen LogP contribution in [0.3, 0.4) is 0 Å². The van der Waals surface area contributed by atoms with Gasteiger partial charge < -0.3 is 10.6 Å². The van der Waals surface area contributed by atoms with Gasteiger partial charge in [-0.05, 0) is 38.4 Å². The van der Waals surface area contributed by atoms with E-state index in [2.05, 4.69) is 29.7 Å². The fraction of sp³-hybridized carbons (Fsp3) is 0.533. The third-order valence-electron chi connectivity index (χ3n) is 3.08. The lowest BCUT2D eigenvalue weighted by atomic mass is 10.0. The molecule has 1 rings (SSSR count). The quantitative estimate of drug-likeness (QED) is 0.812. The predicted molar refractivity (Wildman–Crippen MR) is 75.5 cm³/mol. The Kier molecular flexibility index (Phi) is 5.86. The van der Waals surface area contributed by atoms with Crippen molar-refractivity contribution in [1.82, 2.24) is 10.6 Å². The summed E-state index contributed by atoms with van der Waals surface area (Å²) in [7, 11) is 0. The Morgan fingerprint density at radius 2 is 1.94 bits per heavy atom. The number of amides is 1. The van der Waals surface area contributed by atoms with Crippen LogP contribution in [0.2, 0.25) is 0 Å². The van der Waals surface area contributed by atoms with Gasteiger partial charge in [-0.1, -0.05) is 31.2 Å². The first-order valence-electron chi connectivity index (χ1n) is 6.62. The van der Waals surface area contributed by atoms with E-state index in [1.807, 2.05) is 32.9 Å². The Balaban J connectivity index is 2.52. The zero-order valence-electron chi connectivity index (χ0n) is 11.8. The van der Waals surface area contributed by atoms with Gasteiger partial charge in [0.1, 0.15) is 0 Å². The van der Waals surface area contributed by atoms with Crippen molar-refractivity contribution in [3.05, 3.63) is 35.4 Å². The van der Waals surface area contributed by atoms with E-state index in [4.69, 9.17) is 0 Å². The van der Waals surface area contributed by atoms with E-state index < -0.39 is 0 Å². The third-order valence-corrected chi connectivity index (χ3v) is 3.08. The zero-order chi connectivity index (χ0) is 13.5. The molecule has 0 radical (unpaired) electrons. The van der Waals surface area contributed by atoms with Crippen LogP contribution < -0.4 is 10.6 Å². The summed E-state index contributed by atoms with van der Waals surface area (Å²) >= 11 is 0. The summed E-state index contributed by atoms with van der Waals surface area (Å²) in [5, 5.41) is 6.29. The van der Waals surface area contributed by atoms with Crippen LogP contribution in [0.15, 0.2) is 24.3 Å². The van der Waals surface area contributed by atoms with Gasteiger partial charge in [-0.3, -0.25) is 4.79 Å². The van der Waals surface area contributed by atoms with Crippen molar-refractivity contribution in [3.63, 3.8) is 0 Å². The molecule has 0 saturated carbocycles. The molecule has 0 saturated heterocycles. The molecule has 2 N–H and O–H groups in total. The molecule has 0 bridgehead atoms. The molecule has 1 aromatic rings. The minimum atomic E-state index is 0.0625. The van der Waals surface area contributed by atoms with Gasteiger partial charge in [0, 0.05) is 12.5 Å². The van der Waals surface area contributed by atoms with E-state index in [0.717, 1.165) is 6.54 Å². The summed E-state index contributed by atoms with van der Waals surface area (Å²) in [6.07, 6.45) is 0.518. The lowest BCUT2D eigenvalue weighted by Gasteiger charge is -2.18. The molecule has 0 heterocycles. The zero-order valence-corrected chi connectivity index (χ0v) is 11.8. The number of carbonyl (C=O) groups is 1. The highest BCUT2D eigenvalue weighted by Crippen LogP contribution is 2.16. The van der Waals surface area contributed by atoms with Gasteiger partial charge in [0.15, 0.2) is 0 Å². The minimum absolute atomic E-state index is 0.0625. The van der Waals surface area contributed by atoms with Crippen LogP contribution in [0.1, 0.15) is 44.4 Å². The van der Waals surface area contributed by atoms with Gasteiger partial charge in [0.25, 0.3) is 0 Å². The lowest BCUT2D eigenvalue weighted by Crippen LogP contribution is -2.34. The van der Waals surface area contributed by atoms with Crippen LogP contribution in [0.5, 0.6) is 0 Å². The summed E-state index contributed by atoms with van der Waals surface area (Å²) in [5.74, 6) is 0.0965. The Morgan fingerprint density at radius 1 is 1.28 bits per heavy atom. The first-order chi connectivity index (χ1) is 8.54. The van der Waals surface area contributed by atoms with Crippen LogP contribution in [0.4, 0.5) is 0 Å². The van der Waals surface area contributed by atoms with Gasteiger partial charge in [-0.15, -0.1) is 0 Å². The number of benzene rings is 1. The van der Waals surface area contributed by atoms with E-state index in [1.165, 1.54) is 11.1 Å². The molecule has 0 aliphatic heterocycles. The van der Waals surface area contributed by atoms with Crippen molar-refractivity contribution < 1.29 is 4.79 Å². The molecule has 3 heteroatoms. The van der Waals surface area contributed by atoms with Crippen LogP contribution in [0.25, 0.3) is 0 Å². The maximum Gasteiger partial charge on any atom is 0.222 e. The Morgan fingerprint density at radius 3 is 2.56 bits per heavy atom. The molecule has 0 spiro atoms. The molecular formula is C15H24N2O. The van der Waals surface area contributed by atoms with Gasteiger partial charge in [0.05, 0.1) is 6.04 Å². The Bertz CT molecular complexity index is 390. The average Bonchev–Trinajstić information content (AvgIpc) is 2.29. The summed E-state index contributed by atoms with van der Waals surface area (Å²) in [4.78, 5) is 11.9. The highest BCUT2D eigenvalue weighted by molar-refractivity contribution is 5.77. The molecule has 1 aromatic carbocycles. The second kappa shape index (κ2) is 7.17. The maximum absolute atomic E-state index is 11.9. The molecule has 0 fully saturated rings. The molecule has 3 nitrogen and oxygen atoms in total. The molecular weight excluding hydrogens is 224 g/mol. The fourth-order valence-corrected chi connectivity index (χ4v) is 2.15. The SMILES string of the molecule is CCNC(C)CC(=O)NC(C)c1ccccc1C. The van der Waals surface area contributed by atoms with E-state index >= 15 is 0 Å². The Labute approximate surface area is 110 Å². The maximum atomic E-state index is 11.9. The summed E-state index contributed by atoms with van der Waals surface area (Å²) in [5.41, 5.74) is 2.40. The molecule has 2 unspecified atom stereocenters. The summed E-state index contributed by atoms with van der Waals surface area (Å²) < 4.78 is 0. The molecule has 1 amide bonds. The normalized spacial score (nSPS) is 14.0. The smallest absolute Gasteiger partial charge is 0.222 e. The summed E-state index contributed by atoms with van der Waals surface area (Å²) in [6, 6.07) is 8.44. The van der Waals surface area contributed by atoms with Crippen LogP contribution >= 0.6 is 0 Å². The molecule has 100 valence electrons. The van der Waals surface area contributed by atoms with E-state index in [1.54, 1.807) is 0 Å². The first-order valence-corrected chi connectivity index (χ1v) is 6.62. The van der Waals surface area contributed by atoms with Gasteiger partial charge in [-0.25, -0.2) is 0 Å². The second-order valence-electron chi connectivity index (χ2n) is 4.81. The fourth-order valence-electron chi connectivity index (χ4n) is 2.15. The topological polar surface area (TPSA) is 41.1 Å². The number of aryl methyl sites for hydroxylation is 1. The largest absolute Gasteiger partial charge is 0.350 e. The minimum Gasteiger partial charge on any atom is -0.350 e. The molecule has 2 atom stereocenters. The van der Waals surface area contributed by atoms with Gasteiger partial charge >= 0.3 is 0 Å². The van der Waals surface area contributed by atoms with Crippen molar-refractivity contribution in [2.75, 3.05) is 6.54 Å². The number of nitrogens with one attached hydrogen (secondary N) is 2. The summed E-state index contributed by atoms with van der Waals surface area (Å²) in [6.45, 7) is 9.06. The van der Waals surface area contributed by atoms with Crippen molar-refractivity contribution in [2.45, 2.75) is 46.2 Å². The average molecular weight is 248 g/mol.